The molecule has 1 aromatic heterocycles. The van der Waals surface area contributed by atoms with Crippen LogP contribution in [0.2, 0.25) is 0 Å². The molecular weight excluding hydrogens is 242 g/mol. The number of aliphatic hydroxyl groups excluding tert-OH is 1. The molecule has 0 radical (unpaired) electrons. The van der Waals surface area contributed by atoms with Crippen LogP contribution in [0.5, 0.6) is 5.75 Å². The first kappa shape index (κ1) is 13.3. The van der Waals surface area contributed by atoms with E-state index in [0.717, 1.165) is 22.4 Å². The quantitative estimate of drug-likeness (QED) is 0.858. The number of rotatable bonds is 5. The predicted octanol–water partition coefficient (Wildman–Crippen LogP) is 1.86. The molecule has 0 spiro atoms. The van der Waals surface area contributed by atoms with Gasteiger partial charge in [-0.3, -0.25) is 0 Å². The van der Waals surface area contributed by atoms with Crippen molar-refractivity contribution < 1.29 is 9.84 Å². The lowest BCUT2D eigenvalue weighted by Crippen LogP contribution is -2.08. The molecule has 1 aromatic carbocycles. The van der Waals surface area contributed by atoms with Gasteiger partial charge in [0.25, 0.3) is 0 Å². The highest BCUT2D eigenvalue weighted by atomic mass is 16.5. The second-order valence-corrected chi connectivity index (χ2v) is 4.15. The van der Waals surface area contributed by atoms with Crippen LogP contribution in [0.1, 0.15) is 5.56 Å². The minimum absolute atomic E-state index is 0.0524. The standard InChI is InChI=1S/C14H17N3O2/c1-10-3-4-13(19-2)12(7-10)11-8-16-14(17-9-11)15-5-6-18/h3-4,7-9,18H,5-6H2,1-2H3,(H,15,16,17). The molecule has 0 aliphatic carbocycles. The summed E-state index contributed by atoms with van der Waals surface area (Å²) in [5.41, 5.74) is 3.02. The van der Waals surface area contributed by atoms with Crippen LogP contribution in [-0.2, 0) is 0 Å². The highest BCUT2D eigenvalue weighted by Gasteiger charge is 2.07. The minimum Gasteiger partial charge on any atom is -0.496 e. The van der Waals surface area contributed by atoms with E-state index in [0.29, 0.717) is 12.5 Å². The van der Waals surface area contributed by atoms with E-state index in [9.17, 15) is 0 Å². The third kappa shape index (κ3) is 3.20. The number of benzene rings is 1. The Kier molecular flexibility index (Phi) is 4.30. The van der Waals surface area contributed by atoms with Crippen molar-refractivity contribution in [2.45, 2.75) is 6.92 Å². The second kappa shape index (κ2) is 6.15. The molecule has 2 N–H and O–H groups in total. The van der Waals surface area contributed by atoms with Gasteiger partial charge < -0.3 is 15.2 Å². The van der Waals surface area contributed by atoms with Gasteiger partial charge in [0.1, 0.15) is 5.75 Å². The van der Waals surface area contributed by atoms with Crippen molar-refractivity contribution in [1.82, 2.24) is 9.97 Å². The molecule has 2 aromatic rings. The maximum atomic E-state index is 8.72. The number of aryl methyl sites for hydroxylation is 1. The number of aromatic nitrogens is 2. The molecule has 0 saturated carbocycles. The summed E-state index contributed by atoms with van der Waals surface area (Å²) in [4.78, 5) is 8.42. The normalized spacial score (nSPS) is 10.3. The summed E-state index contributed by atoms with van der Waals surface area (Å²) < 4.78 is 5.35. The number of methoxy groups -OCH3 is 1. The van der Waals surface area contributed by atoms with Gasteiger partial charge >= 0.3 is 0 Å². The van der Waals surface area contributed by atoms with Crippen LogP contribution in [0.15, 0.2) is 30.6 Å². The van der Waals surface area contributed by atoms with E-state index in [-0.39, 0.29) is 6.61 Å². The number of anilines is 1. The van der Waals surface area contributed by atoms with Crippen LogP contribution < -0.4 is 10.1 Å². The summed E-state index contributed by atoms with van der Waals surface area (Å²) in [6.45, 7) is 2.52. The van der Waals surface area contributed by atoms with Crippen molar-refractivity contribution >= 4 is 5.95 Å². The van der Waals surface area contributed by atoms with Crippen LogP contribution in [0.25, 0.3) is 11.1 Å². The zero-order chi connectivity index (χ0) is 13.7. The lowest BCUT2D eigenvalue weighted by Gasteiger charge is -2.09. The molecule has 0 atom stereocenters. The van der Waals surface area contributed by atoms with Gasteiger partial charge in [-0.05, 0) is 19.1 Å². The number of aliphatic hydroxyl groups is 1. The summed E-state index contributed by atoms with van der Waals surface area (Å²) in [5, 5.41) is 11.6. The van der Waals surface area contributed by atoms with E-state index in [2.05, 4.69) is 15.3 Å². The average molecular weight is 259 g/mol. The van der Waals surface area contributed by atoms with E-state index >= 15 is 0 Å². The van der Waals surface area contributed by atoms with E-state index < -0.39 is 0 Å². The zero-order valence-electron chi connectivity index (χ0n) is 11.1. The molecule has 100 valence electrons. The lowest BCUT2D eigenvalue weighted by atomic mass is 10.1. The van der Waals surface area contributed by atoms with E-state index in [4.69, 9.17) is 9.84 Å². The van der Waals surface area contributed by atoms with Crippen molar-refractivity contribution in [1.29, 1.82) is 0 Å². The SMILES string of the molecule is COc1ccc(C)cc1-c1cnc(NCCO)nc1. The molecule has 19 heavy (non-hydrogen) atoms. The van der Waals surface area contributed by atoms with Crippen molar-refractivity contribution in [3.63, 3.8) is 0 Å². The van der Waals surface area contributed by atoms with Gasteiger partial charge in [0.2, 0.25) is 5.95 Å². The second-order valence-electron chi connectivity index (χ2n) is 4.15. The topological polar surface area (TPSA) is 67.3 Å². The van der Waals surface area contributed by atoms with Crippen molar-refractivity contribution in [2.75, 3.05) is 25.6 Å². The first-order valence-electron chi connectivity index (χ1n) is 6.06. The summed E-state index contributed by atoms with van der Waals surface area (Å²) in [6.07, 6.45) is 3.48. The van der Waals surface area contributed by atoms with Crippen molar-refractivity contribution in [3.8, 4) is 16.9 Å². The third-order valence-electron chi connectivity index (χ3n) is 2.71. The third-order valence-corrected chi connectivity index (χ3v) is 2.71. The Balaban J connectivity index is 2.29. The fraction of sp³-hybridized carbons (Fsp3) is 0.286. The van der Waals surface area contributed by atoms with Crippen LogP contribution >= 0.6 is 0 Å². The van der Waals surface area contributed by atoms with Crippen molar-refractivity contribution in [3.05, 3.63) is 36.2 Å². The summed E-state index contributed by atoms with van der Waals surface area (Å²) >= 11 is 0. The number of hydrogen-bond acceptors (Lipinski definition) is 5. The Morgan fingerprint density at radius 2 is 2.00 bits per heavy atom. The van der Waals surface area contributed by atoms with Gasteiger partial charge in [0.05, 0.1) is 13.7 Å². The molecule has 0 bridgehead atoms. The van der Waals surface area contributed by atoms with Gasteiger partial charge in [-0.2, -0.15) is 0 Å². The monoisotopic (exact) mass is 259 g/mol. The van der Waals surface area contributed by atoms with E-state index in [1.54, 1.807) is 19.5 Å². The highest BCUT2D eigenvalue weighted by molar-refractivity contribution is 5.70. The van der Waals surface area contributed by atoms with Crippen molar-refractivity contribution in [2.24, 2.45) is 0 Å². The molecule has 0 unspecified atom stereocenters. The lowest BCUT2D eigenvalue weighted by molar-refractivity contribution is 0.311. The van der Waals surface area contributed by atoms with Gasteiger partial charge in [-0.1, -0.05) is 11.6 Å². The van der Waals surface area contributed by atoms with Crippen LogP contribution in [0, 0.1) is 6.92 Å². The van der Waals surface area contributed by atoms with Crippen LogP contribution in [0.3, 0.4) is 0 Å². The predicted molar refractivity (Wildman–Crippen MR) is 74.3 cm³/mol. The Labute approximate surface area is 112 Å². The Morgan fingerprint density at radius 3 is 2.63 bits per heavy atom. The van der Waals surface area contributed by atoms with Crippen LogP contribution in [-0.4, -0.2) is 35.3 Å². The largest absolute Gasteiger partial charge is 0.496 e. The van der Waals surface area contributed by atoms with Crippen LogP contribution in [0.4, 0.5) is 5.95 Å². The average Bonchev–Trinajstić information content (AvgIpc) is 2.45. The summed E-state index contributed by atoms with van der Waals surface area (Å²) in [5.74, 6) is 1.30. The highest BCUT2D eigenvalue weighted by Crippen LogP contribution is 2.30. The Morgan fingerprint density at radius 1 is 1.26 bits per heavy atom. The minimum atomic E-state index is 0.0524. The number of hydrogen-bond donors (Lipinski definition) is 2. The summed E-state index contributed by atoms with van der Waals surface area (Å²) in [7, 11) is 1.65. The molecule has 0 amide bonds. The fourth-order valence-corrected chi connectivity index (χ4v) is 1.77. The maximum Gasteiger partial charge on any atom is 0.222 e. The molecule has 5 heteroatoms. The van der Waals surface area contributed by atoms with Gasteiger partial charge in [-0.15, -0.1) is 0 Å². The molecule has 0 aliphatic heterocycles. The molecule has 5 nitrogen and oxygen atoms in total. The fourth-order valence-electron chi connectivity index (χ4n) is 1.77. The molecule has 1 heterocycles. The maximum absolute atomic E-state index is 8.72. The molecule has 0 saturated heterocycles. The van der Waals surface area contributed by atoms with E-state index in [1.807, 2.05) is 25.1 Å². The first-order chi connectivity index (χ1) is 9.24. The number of nitrogens with zero attached hydrogens (tertiary/aromatic N) is 2. The van der Waals surface area contributed by atoms with Gasteiger partial charge in [0, 0.05) is 30.1 Å². The smallest absolute Gasteiger partial charge is 0.222 e. The molecule has 0 fully saturated rings. The first-order valence-corrected chi connectivity index (χ1v) is 6.06. The Bertz CT molecular complexity index is 541. The summed E-state index contributed by atoms with van der Waals surface area (Å²) in [6, 6.07) is 5.97. The molecular formula is C14H17N3O2. The van der Waals surface area contributed by atoms with Gasteiger partial charge in [0.15, 0.2) is 0 Å². The zero-order valence-corrected chi connectivity index (χ0v) is 11.1. The number of nitrogens with one attached hydrogen (secondary N) is 1. The molecule has 0 aliphatic rings. The van der Waals surface area contributed by atoms with Gasteiger partial charge in [-0.25, -0.2) is 9.97 Å². The Hall–Kier alpha value is -2.14. The number of ether oxygens (including phenoxy) is 1. The molecule has 2 rings (SSSR count). The van der Waals surface area contributed by atoms with E-state index in [1.165, 1.54) is 0 Å².